The van der Waals surface area contributed by atoms with Gasteiger partial charge in [-0.15, -0.1) is 23.1 Å². The summed E-state index contributed by atoms with van der Waals surface area (Å²) in [5.74, 6) is 0.503. The van der Waals surface area contributed by atoms with Crippen LogP contribution in [0.25, 0.3) is 0 Å². The van der Waals surface area contributed by atoms with Crippen LogP contribution in [0.1, 0.15) is 56.5 Å². The molecule has 5 nitrogen and oxygen atoms in total. The number of nitrogens with zero attached hydrogens (tertiary/aromatic N) is 1. The maximum Gasteiger partial charge on any atom is 0.235 e. The highest BCUT2D eigenvalue weighted by molar-refractivity contribution is 8.00. The topological polar surface area (TPSA) is 82.0 Å². The largest absolute Gasteiger partial charge is 0.325 e. The zero-order valence-corrected chi connectivity index (χ0v) is 20.1. The van der Waals surface area contributed by atoms with Gasteiger partial charge in [0, 0.05) is 16.7 Å². The maximum absolute atomic E-state index is 12.6. The van der Waals surface area contributed by atoms with Crippen LogP contribution in [0.4, 0.5) is 10.7 Å². The molecule has 1 aliphatic rings. The van der Waals surface area contributed by atoms with Gasteiger partial charge >= 0.3 is 0 Å². The number of amides is 2. The minimum absolute atomic E-state index is 0.148. The summed E-state index contributed by atoms with van der Waals surface area (Å²) < 4.78 is 0. The minimum atomic E-state index is -0.150. The molecular formula is C24H29N3O2S2. The van der Waals surface area contributed by atoms with Gasteiger partial charge in [0.1, 0.15) is 11.1 Å². The predicted octanol–water partition coefficient (Wildman–Crippen LogP) is 5.85. The lowest BCUT2D eigenvalue weighted by Gasteiger charge is -2.36. The molecule has 0 radical (unpaired) electrons. The van der Waals surface area contributed by atoms with E-state index in [2.05, 4.69) is 37.5 Å². The Kier molecular flexibility index (Phi) is 7.45. The lowest BCUT2D eigenvalue weighted by Crippen LogP contribution is -2.28. The summed E-state index contributed by atoms with van der Waals surface area (Å²) in [6.07, 6.45) is 4.09. The number of anilines is 2. The van der Waals surface area contributed by atoms with Gasteiger partial charge in [-0.3, -0.25) is 9.59 Å². The van der Waals surface area contributed by atoms with Crippen molar-refractivity contribution in [2.24, 2.45) is 11.3 Å². The lowest BCUT2D eigenvalue weighted by molar-refractivity contribution is -0.114. The van der Waals surface area contributed by atoms with Gasteiger partial charge in [0.15, 0.2) is 0 Å². The van der Waals surface area contributed by atoms with E-state index in [1.165, 1.54) is 23.6 Å². The van der Waals surface area contributed by atoms with Crippen LogP contribution in [0, 0.1) is 22.7 Å². The van der Waals surface area contributed by atoms with Crippen LogP contribution in [0.2, 0.25) is 0 Å². The van der Waals surface area contributed by atoms with Crippen LogP contribution in [0.5, 0.6) is 0 Å². The fraction of sp³-hybridized carbons (Fsp3) is 0.458. The first-order valence-corrected chi connectivity index (χ1v) is 12.4. The van der Waals surface area contributed by atoms with Crippen molar-refractivity contribution in [3.8, 4) is 6.07 Å². The molecule has 0 unspecified atom stereocenters. The highest BCUT2D eigenvalue weighted by Crippen LogP contribution is 2.45. The highest BCUT2D eigenvalue weighted by atomic mass is 32.2. The number of carbonyl (C=O) groups excluding carboxylic acids is 2. The third-order valence-corrected chi connectivity index (χ3v) is 8.45. The van der Waals surface area contributed by atoms with E-state index >= 15 is 0 Å². The summed E-state index contributed by atoms with van der Waals surface area (Å²) in [6.45, 7) is 8.33. The third-order valence-electron chi connectivity index (χ3n) is 6.20. The van der Waals surface area contributed by atoms with Crippen molar-refractivity contribution in [1.29, 1.82) is 5.26 Å². The van der Waals surface area contributed by atoms with E-state index in [0.29, 0.717) is 22.2 Å². The number of para-hydroxylation sites is 1. The van der Waals surface area contributed by atoms with Gasteiger partial charge in [-0.25, -0.2) is 0 Å². The molecule has 7 heteroatoms. The SMILES string of the molecule is CCC(C)(C)[C@H]1CCc2c(sc(NC(=O)CSc3ccccc3NC(C)=O)c2C#N)C1. The minimum Gasteiger partial charge on any atom is -0.325 e. The van der Waals surface area contributed by atoms with Crippen molar-refractivity contribution in [2.75, 3.05) is 16.4 Å². The van der Waals surface area contributed by atoms with Crippen LogP contribution in [0.15, 0.2) is 29.2 Å². The Labute approximate surface area is 192 Å². The molecule has 164 valence electrons. The molecule has 0 fully saturated rings. The molecule has 3 rings (SSSR count). The average molecular weight is 456 g/mol. The Morgan fingerprint density at radius 3 is 2.71 bits per heavy atom. The first-order chi connectivity index (χ1) is 14.7. The zero-order valence-electron chi connectivity index (χ0n) is 18.5. The van der Waals surface area contributed by atoms with Crippen molar-refractivity contribution < 1.29 is 9.59 Å². The number of hydrogen-bond acceptors (Lipinski definition) is 5. The molecule has 31 heavy (non-hydrogen) atoms. The van der Waals surface area contributed by atoms with Gasteiger partial charge in [-0.2, -0.15) is 5.26 Å². The summed E-state index contributed by atoms with van der Waals surface area (Å²) in [4.78, 5) is 26.1. The normalized spacial score (nSPS) is 15.6. The Morgan fingerprint density at radius 2 is 2.03 bits per heavy atom. The van der Waals surface area contributed by atoms with Gasteiger partial charge in [0.2, 0.25) is 11.8 Å². The summed E-state index contributed by atoms with van der Waals surface area (Å²) >= 11 is 2.92. The Balaban J connectivity index is 1.69. The van der Waals surface area contributed by atoms with Gasteiger partial charge in [-0.05, 0) is 48.3 Å². The Bertz CT molecular complexity index is 1020. The molecule has 1 aromatic heterocycles. The third kappa shape index (κ3) is 5.50. The highest BCUT2D eigenvalue weighted by Gasteiger charge is 2.34. The maximum atomic E-state index is 12.6. The molecule has 0 spiro atoms. The number of carbonyl (C=O) groups is 2. The van der Waals surface area contributed by atoms with Crippen LogP contribution in [0.3, 0.4) is 0 Å². The van der Waals surface area contributed by atoms with Gasteiger partial charge in [0.25, 0.3) is 0 Å². The van der Waals surface area contributed by atoms with E-state index in [-0.39, 0.29) is 23.0 Å². The second kappa shape index (κ2) is 9.88. The number of nitrogens with one attached hydrogen (secondary N) is 2. The van der Waals surface area contributed by atoms with Crippen molar-refractivity contribution >= 4 is 45.6 Å². The number of nitriles is 1. The van der Waals surface area contributed by atoms with Gasteiger partial charge in [0.05, 0.1) is 17.0 Å². The number of rotatable bonds is 7. The lowest BCUT2D eigenvalue weighted by atomic mass is 9.69. The molecule has 0 bridgehead atoms. The Morgan fingerprint density at radius 1 is 1.29 bits per heavy atom. The molecule has 1 aliphatic carbocycles. The standard InChI is InChI=1S/C24H29N3O2S2/c1-5-24(3,4)16-10-11-17-18(13-25)23(31-21(17)12-16)27-22(29)14-30-20-9-7-6-8-19(20)26-15(2)28/h6-9,16H,5,10-12,14H2,1-4H3,(H,26,28)(H,27,29)/t16-/m0/s1. The molecule has 1 atom stereocenters. The predicted molar refractivity (Wildman–Crippen MR) is 129 cm³/mol. The second-order valence-corrected chi connectivity index (χ2v) is 10.7. The molecule has 0 saturated heterocycles. The molecule has 2 aromatic rings. The van der Waals surface area contributed by atoms with Gasteiger partial charge in [-0.1, -0.05) is 39.3 Å². The Hall–Kier alpha value is -2.30. The fourth-order valence-electron chi connectivity index (χ4n) is 3.94. The first kappa shape index (κ1) is 23.4. The quantitative estimate of drug-likeness (QED) is 0.513. The van der Waals surface area contributed by atoms with Crippen LogP contribution in [-0.2, 0) is 22.4 Å². The van der Waals surface area contributed by atoms with Crippen molar-refractivity contribution in [2.45, 2.75) is 58.3 Å². The van der Waals surface area contributed by atoms with E-state index in [9.17, 15) is 14.9 Å². The van der Waals surface area contributed by atoms with Crippen molar-refractivity contribution in [3.63, 3.8) is 0 Å². The summed E-state index contributed by atoms with van der Waals surface area (Å²) in [7, 11) is 0. The first-order valence-electron chi connectivity index (χ1n) is 10.6. The molecular weight excluding hydrogens is 426 g/mol. The van der Waals surface area contributed by atoms with Crippen LogP contribution >= 0.6 is 23.1 Å². The van der Waals surface area contributed by atoms with Crippen LogP contribution < -0.4 is 10.6 Å². The van der Waals surface area contributed by atoms with Gasteiger partial charge < -0.3 is 10.6 Å². The molecule has 0 saturated carbocycles. The fourth-order valence-corrected chi connectivity index (χ4v) is 6.04. The van der Waals surface area contributed by atoms with E-state index in [0.717, 1.165) is 36.1 Å². The number of fused-ring (bicyclic) bond motifs is 1. The average Bonchev–Trinajstić information content (AvgIpc) is 3.08. The summed E-state index contributed by atoms with van der Waals surface area (Å²) in [5, 5.41) is 16.2. The second-order valence-electron chi connectivity index (χ2n) is 8.62. The number of thioether (sulfide) groups is 1. The van der Waals surface area contributed by atoms with E-state index < -0.39 is 0 Å². The van der Waals surface area contributed by atoms with Crippen LogP contribution in [-0.4, -0.2) is 17.6 Å². The molecule has 2 N–H and O–H groups in total. The monoisotopic (exact) mass is 455 g/mol. The van der Waals surface area contributed by atoms with E-state index in [1.807, 2.05) is 24.3 Å². The van der Waals surface area contributed by atoms with E-state index in [4.69, 9.17) is 0 Å². The molecule has 2 amide bonds. The van der Waals surface area contributed by atoms with Crippen molar-refractivity contribution in [1.82, 2.24) is 0 Å². The summed E-state index contributed by atoms with van der Waals surface area (Å²) in [6, 6.07) is 9.74. The zero-order chi connectivity index (χ0) is 22.6. The molecule has 0 aliphatic heterocycles. The molecule has 1 aromatic carbocycles. The smallest absolute Gasteiger partial charge is 0.235 e. The number of benzene rings is 1. The van der Waals surface area contributed by atoms with Crippen molar-refractivity contribution in [3.05, 3.63) is 40.3 Å². The molecule has 1 heterocycles. The van der Waals surface area contributed by atoms with E-state index in [1.54, 1.807) is 11.3 Å². The number of hydrogen-bond donors (Lipinski definition) is 2. The summed E-state index contributed by atoms with van der Waals surface area (Å²) in [5.41, 5.74) is 2.72. The number of thiophene rings is 1.